The molecule has 2 aromatic rings. The van der Waals surface area contributed by atoms with Gasteiger partial charge in [0.1, 0.15) is 12.2 Å². The highest BCUT2D eigenvalue weighted by Crippen LogP contribution is 2.21. The van der Waals surface area contributed by atoms with Gasteiger partial charge in [0.05, 0.1) is 11.9 Å². The lowest BCUT2D eigenvalue weighted by atomic mass is 10.2. The van der Waals surface area contributed by atoms with Crippen molar-refractivity contribution >= 4 is 21.9 Å². The number of carboxylic acids is 1. The molecule has 0 saturated carbocycles. The first kappa shape index (κ1) is 10.9. The number of aliphatic carboxylic acids is 1. The van der Waals surface area contributed by atoms with Crippen molar-refractivity contribution in [2.45, 2.75) is 6.42 Å². The predicted molar refractivity (Wildman–Crippen MR) is 63.1 cm³/mol. The Morgan fingerprint density at radius 2 is 2.31 bits per heavy atom. The standard InChI is InChI=1S/C11H9BrN2O2/c12-8-3-1-2-7(4-8)9-6-13-10(14-9)5-11(15)16/h1-4,6H,5H2,(H,13,14)(H,15,16). The smallest absolute Gasteiger partial charge is 0.311 e. The van der Waals surface area contributed by atoms with Crippen LogP contribution in [0.1, 0.15) is 5.82 Å². The molecule has 1 heterocycles. The fourth-order valence-electron chi connectivity index (χ4n) is 1.40. The number of aromatic amines is 1. The maximum absolute atomic E-state index is 10.5. The molecular formula is C11H9BrN2O2. The molecule has 0 atom stereocenters. The van der Waals surface area contributed by atoms with Gasteiger partial charge in [-0.05, 0) is 12.1 Å². The zero-order valence-corrected chi connectivity index (χ0v) is 9.86. The van der Waals surface area contributed by atoms with Gasteiger partial charge in [0.15, 0.2) is 0 Å². The number of carboxylic acid groups (broad SMARTS) is 1. The highest BCUT2D eigenvalue weighted by Gasteiger charge is 2.06. The second kappa shape index (κ2) is 4.49. The first-order valence-corrected chi connectivity index (χ1v) is 5.46. The first-order valence-electron chi connectivity index (χ1n) is 4.67. The normalized spacial score (nSPS) is 10.3. The summed E-state index contributed by atoms with van der Waals surface area (Å²) >= 11 is 3.38. The third kappa shape index (κ3) is 2.49. The summed E-state index contributed by atoms with van der Waals surface area (Å²) in [7, 11) is 0. The molecule has 2 N–H and O–H groups in total. The van der Waals surface area contributed by atoms with E-state index in [9.17, 15) is 4.79 Å². The lowest BCUT2D eigenvalue weighted by molar-refractivity contribution is -0.136. The van der Waals surface area contributed by atoms with Gasteiger partial charge in [-0.3, -0.25) is 4.79 Å². The Morgan fingerprint density at radius 1 is 1.50 bits per heavy atom. The second-order valence-corrected chi connectivity index (χ2v) is 4.24. The van der Waals surface area contributed by atoms with Gasteiger partial charge in [0.25, 0.3) is 0 Å². The van der Waals surface area contributed by atoms with Gasteiger partial charge < -0.3 is 10.1 Å². The number of hydrogen-bond donors (Lipinski definition) is 2. The van der Waals surface area contributed by atoms with Crippen LogP contribution in [0.3, 0.4) is 0 Å². The number of imidazole rings is 1. The average Bonchev–Trinajstić information content (AvgIpc) is 2.65. The van der Waals surface area contributed by atoms with Crippen LogP contribution in [0.5, 0.6) is 0 Å². The van der Waals surface area contributed by atoms with E-state index in [0.717, 1.165) is 15.7 Å². The monoisotopic (exact) mass is 280 g/mol. The molecule has 1 aromatic heterocycles. The zero-order chi connectivity index (χ0) is 11.5. The summed E-state index contributed by atoms with van der Waals surface area (Å²) in [6.07, 6.45) is 1.55. The quantitative estimate of drug-likeness (QED) is 0.908. The number of halogens is 1. The van der Waals surface area contributed by atoms with E-state index in [-0.39, 0.29) is 6.42 Å². The van der Waals surface area contributed by atoms with Crippen molar-refractivity contribution in [3.63, 3.8) is 0 Å². The SMILES string of the molecule is O=C(O)Cc1ncc(-c2cccc(Br)c2)[nH]1. The fourth-order valence-corrected chi connectivity index (χ4v) is 1.80. The Labute approximate surface area is 100 Å². The topological polar surface area (TPSA) is 66.0 Å². The Bertz CT molecular complexity index is 522. The van der Waals surface area contributed by atoms with E-state index in [1.165, 1.54) is 0 Å². The van der Waals surface area contributed by atoms with Gasteiger partial charge in [-0.2, -0.15) is 0 Å². The predicted octanol–water partition coefficient (Wildman–Crippen LogP) is 2.47. The highest BCUT2D eigenvalue weighted by molar-refractivity contribution is 9.10. The Hall–Kier alpha value is -1.62. The highest BCUT2D eigenvalue weighted by atomic mass is 79.9. The second-order valence-electron chi connectivity index (χ2n) is 3.32. The van der Waals surface area contributed by atoms with Gasteiger partial charge in [-0.1, -0.05) is 28.1 Å². The van der Waals surface area contributed by atoms with Crippen molar-refractivity contribution in [2.24, 2.45) is 0 Å². The molecule has 0 radical (unpaired) electrons. The minimum Gasteiger partial charge on any atom is -0.481 e. The van der Waals surface area contributed by atoms with Gasteiger partial charge in [0.2, 0.25) is 0 Å². The van der Waals surface area contributed by atoms with E-state index in [1.807, 2.05) is 24.3 Å². The molecule has 4 nitrogen and oxygen atoms in total. The van der Waals surface area contributed by atoms with Gasteiger partial charge in [0, 0.05) is 10.0 Å². The summed E-state index contributed by atoms with van der Waals surface area (Å²) in [4.78, 5) is 17.5. The third-order valence-electron chi connectivity index (χ3n) is 2.08. The number of nitrogens with zero attached hydrogens (tertiary/aromatic N) is 1. The van der Waals surface area contributed by atoms with Gasteiger partial charge in [-0.25, -0.2) is 4.98 Å². The van der Waals surface area contributed by atoms with Crippen LogP contribution in [0.25, 0.3) is 11.3 Å². The summed E-state index contributed by atoms with van der Waals surface area (Å²) in [6, 6.07) is 7.72. The molecule has 0 unspecified atom stereocenters. The number of aromatic nitrogens is 2. The number of carbonyl (C=O) groups is 1. The number of H-pyrrole nitrogens is 1. The van der Waals surface area contributed by atoms with Crippen LogP contribution in [0, 0.1) is 0 Å². The molecule has 82 valence electrons. The van der Waals surface area contributed by atoms with Crippen LogP contribution in [0.4, 0.5) is 0 Å². The molecule has 0 saturated heterocycles. The van der Waals surface area contributed by atoms with Crippen molar-refractivity contribution in [2.75, 3.05) is 0 Å². The third-order valence-corrected chi connectivity index (χ3v) is 2.58. The lowest BCUT2D eigenvalue weighted by Crippen LogP contribution is -2.01. The fraction of sp³-hybridized carbons (Fsp3) is 0.0909. The molecule has 0 aliphatic carbocycles. The van der Waals surface area contributed by atoms with Crippen LogP contribution in [0.15, 0.2) is 34.9 Å². The number of benzene rings is 1. The summed E-state index contributed by atoms with van der Waals surface area (Å²) in [5.74, 6) is -0.433. The lowest BCUT2D eigenvalue weighted by Gasteiger charge is -1.97. The molecule has 1 aromatic carbocycles. The summed E-state index contributed by atoms with van der Waals surface area (Å²) in [6.45, 7) is 0. The average molecular weight is 281 g/mol. The van der Waals surface area contributed by atoms with E-state index in [0.29, 0.717) is 5.82 Å². The Morgan fingerprint density at radius 3 is 3.00 bits per heavy atom. The van der Waals surface area contributed by atoms with E-state index in [2.05, 4.69) is 25.9 Å². The summed E-state index contributed by atoms with van der Waals surface area (Å²) < 4.78 is 0.972. The van der Waals surface area contributed by atoms with Crippen LogP contribution >= 0.6 is 15.9 Å². The largest absolute Gasteiger partial charge is 0.481 e. The first-order chi connectivity index (χ1) is 7.65. The van der Waals surface area contributed by atoms with Crippen LogP contribution in [0.2, 0.25) is 0 Å². The van der Waals surface area contributed by atoms with E-state index in [4.69, 9.17) is 5.11 Å². The van der Waals surface area contributed by atoms with E-state index in [1.54, 1.807) is 6.20 Å². The van der Waals surface area contributed by atoms with Crippen LogP contribution in [-0.4, -0.2) is 21.0 Å². The molecule has 0 fully saturated rings. The maximum atomic E-state index is 10.5. The molecular weight excluding hydrogens is 272 g/mol. The molecule has 5 heteroatoms. The molecule has 2 rings (SSSR count). The van der Waals surface area contributed by atoms with E-state index < -0.39 is 5.97 Å². The zero-order valence-electron chi connectivity index (χ0n) is 8.27. The minimum absolute atomic E-state index is 0.0893. The number of nitrogens with one attached hydrogen (secondary N) is 1. The van der Waals surface area contributed by atoms with Crippen molar-refractivity contribution < 1.29 is 9.90 Å². The van der Waals surface area contributed by atoms with Gasteiger partial charge in [-0.15, -0.1) is 0 Å². The van der Waals surface area contributed by atoms with Crippen LogP contribution in [-0.2, 0) is 11.2 Å². The maximum Gasteiger partial charge on any atom is 0.311 e. The van der Waals surface area contributed by atoms with Crippen molar-refractivity contribution in [3.8, 4) is 11.3 Å². The van der Waals surface area contributed by atoms with Crippen LogP contribution < -0.4 is 0 Å². The molecule has 0 amide bonds. The number of rotatable bonds is 3. The molecule has 0 aliphatic rings. The van der Waals surface area contributed by atoms with Crippen molar-refractivity contribution in [3.05, 3.63) is 40.8 Å². The van der Waals surface area contributed by atoms with Gasteiger partial charge >= 0.3 is 5.97 Å². The Balaban J connectivity index is 2.28. The van der Waals surface area contributed by atoms with Crippen molar-refractivity contribution in [1.82, 2.24) is 9.97 Å². The molecule has 0 spiro atoms. The summed E-state index contributed by atoms with van der Waals surface area (Å²) in [5.41, 5.74) is 1.79. The van der Waals surface area contributed by atoms with Crippen molar-refractivity contribution in [1.29, 1.82) is 0 Å². The molecule has 0 bridgehead atoms. The Kier molecular flexibility index (Phi) is 3.05. The molecule has 16 heavy (non-hydrogen) atoms. The number of hydrogen-bond acceptors (Lipinski definition) is 2. The minimum atomic E-state index is -0.893. The molecule has 0 aliphatic heterocycles. The van der Waals surface area contributed by atoms with E-state index >= 15 is 0 Å². The summed E-state index contributed by atoms with van der Waals surface area (Å²) in [5, 5.41) is 8.62.